The monoisotopic (exact) mass is 1300 g/mol. The lowest BCUT2D eigenvalue weighted by Gasteiger charge is -2.15. The summed E-state index contributed by atoms with van der Waals surface area (Å²) in [4.78, 5) is 24.3. The molecule has 3 aliphatic carbocycles. The van der Waals surface area contributed by atoms with E-state index < -0.39 is 29.9 Å². The van der Waals surface area contributed by atoms with Crippen LogP contribution in [-0.2, 0) is 49.7 Å². The van der Waals surface area contributed by atoms with Crippen molar-refractivity contribution in [3.63, 3.8) is 0 Å². The van der Waals surface area contributed by atoms with Crippen molar-refractivity contribution in [1.29, 1.82) is 0 Å². The number of anilines is 1. The number of H-pyrrole nitrogens is 3. The van der Waals surface area contributed by atoms with E-state index in [0.717, 1.165) is 114 Å². The van der Waals surface area contributed by atoms with E-state index in [2.05, 4.69) is 71.0 Å². The SMILES string of the molecule is CN(C)S(=O)(=O)c1ccccc1-c1ccc2nc(COc3ccc(C4CC4)cc3)[nH]c2c1.CS(=O)(=O)Nc1ccccc1-c1ccc2nc(COc3ccc(C4CC4)cc3)[nH]c2c1.CS(=O)(=O)c1ccccc1-c1ccc2nc(COc3ccc(C4CC4)cc3)[nH]c2c1. The van der Waals surface area contributed by atoms with Gasteiger partial charge in [-0.2, -0.15) is 0 Å². The Balaban J connectivity index is 0.000000127. The van der Waals surface area contributed by atoms with Crippen LogP contribution in [0, 0.1) is 0 Å². The summed E-state index contributed by atoms with van der Waals surface area (Å²) in [6.45, 7) is 1.02. The standard InChI is InChI=1S/C25H25N3O3S.C24H23N3O3S.C24H22N2O3S/c1-28(2)32(29,30)24-6-4-3-5-21(24)19-11-14-22-23(15-19)27-25(26-22)16-31-20-12-9-18(10-13-20)17-7-8-17;1-31(28,29)27-21-5-3-2-4-20(21)18-10-13-22-23(14-18)26-24(25-22)15-30-19-11-8-17(9-12-19)16-6-7-16;1-30(27,28)23-5-3-2-4-20(23)18-10-13-21-22(14-18)26-24(25-21)15-29-19-11-8-17(9-12-19)16-6-7-16/h3-6,9-15,17H,7-8,16H2,1-2H3,(H,26,27);2-5,8-14,16,27H,6-7,15H2,1H3,(H,25,26);2-5,8-14,16H,6-7,15H2,1H3,(H,25,26). The summed E-state index contributed by atoms with van der Waals surface area (Å²) in [7, 11) is -7.18. The van der Waals surface area contributed by atoms with Crippen LogP contribution in [0.1, 0.15) is 90.4 Å². The molecule has 3 aromatic heterocycles. The molecule has 0 saturated heterocycles. The third kappa shape index (κ3) is 15.2. The van der Waals surface area contributed by atoms with E-state index >= 15 is 0 Å². The van der Waals surface area contributed by atoms with Gasteiger partial charge >= 0.3 is 0 Å². The van der Waals surface area contributed by atoms with Gasteiger partial charge < -0.3 is 29.2 Å². The molecule has 12 aromatic rings. The summed E-state index contributed by atoms with van der Waals surface area (Å²) in [5.41, 5.74) is 14.4. The molecule has 0 unspecified atom stereocenters. The van der Waals surface area contributed by atoms with Crippen molar-refractivity contribution in [2.24, 2.45) is 0 Å². The van der Waals surface area contributed by atoms with E-state index in [4.69, 9.17) is 14.2 Å². The van der Waals surface area contributed by atoms with Crippen LogP contribution in [0.2, 0.25) is 0 Å². The number of aromatic nitrogens is 6. The Morgan fingerprint density at radius 3 is 1.11 bits per heavy atom. The minimum atomic E-state index is -3.56. The number of sulfone groups is 1. The highest BCUT2D eigenvalue weighted by Crippen LogP contribution is 2.43. The Kier molecular flexibility index (Phi) is 17.5. The van der Waals surface area contributed by atoms with Crippen LogP contribution in [0.5, 0.6) is 17.2 Å². The average Bonchev–Trinajstić information content (AvgIpc) is 1.69. The molecule has 93 heavy (non-hydrogen) atoms. The van der Waals surface area contributed by atoms with Crippen LogP contribution in [0.4, 0.5) is 5.69 Å². The zero-order valence-electron chi connectivity index (χ0n) is 51.8. The maximum atomic E-state index is 12.8. The molecule has 0 bridgehead atoms. The van der Waals surface area contributed by atoms with Crippen molar-refractivity contribution < 1.29 is 39.5 Å². The molecule has 3 saturated carbocycles. The fourth-order valence-corrected chi connectivity index (χ4v) is 13.9. The second-order valence-corrected chi connectivity index (χ2v) is 30.0. The fourth-order valence-electron chi connectivity index (χ4n) is 11.3. The van der Waals surface area contributed by atoms with Crippen LogP contribution >= 0.6 is 0 Å². The highest BCUT2D eigenvalue weighted by Gasteiger charge is 2.26. The van der Waals surface area contributed by atoms with Gasteiger partial charge in [0.15, 0.2) is 9.84 Å². The maximum absolute atomic E-state index is 12.8. The molecule has 0 amide bonds. The third-order valence-electron chi connectivity index (χ3n) is 16.6. The van der Waals surface area contributed by atoms with Crippen molar-refractivity contribution in [3.8, 4) is 50.6 Å². The van der Waals surface area contributed by atoms with Gasteiger partial charge in [0.25, 0.3) is 0 Å². The van der Waals surface area contributed by atoms with Crippen LogP contribution in [0.3, 0.4) is 0 Å². The lowest BCUT2D eigenvalue weighted by atomic mass is 10.0. The molecule has 0 aliphatic heterocycles. The van der Waals surface area contributed by atoms with Crippen molar-refractivity contribution in [1.82, 2.24) is 34.2 Å². The second-order valence-electron chi connectivity index (χ2n) is 24.1. The molecular formula is C73H70N8O9S3. The van der Waals surface area contributed by atoms with Gasteiger partial charge in [0.05, 0.1) is 54.8 Å². The topological polar surface area (TPSA) is 231 Å². The number of imidazole rings is 3. The molecule has 3 fully saturated rings. The van der Waals surface area contributed by atoms with Gasteiger partial charge in [-0.1, -0.05) is 109 Å². The number of sulfonamides is 2. The number of hydrogen-bond acceptors (Lipinski definition) is 12. The van der Waals surface area contributed by atoms with E-state index in [0.29, 0.717) is 41.5 Å². The average molecular weight is 1300 g/mol. The highest BCUT2D eigenvalue weighted by molar-refractivity contribution is 7.92. The van der Waals surface area contributed by atoms with Gasteiger partial charge in [-0.15, -0.1) is 0 Å². The van der Waals surface area contributed by atoms with E-state index in [9.17, 15) is 25.3 Å². The number of para-hydroxylation sites is 1. The molecule has 15 rings (SSSR count). The first-order valence-corrected chi connectivity index (χ1v) is 36.1. The predicted molar refractivity (Wildman–Crippen MR) is 365 cm³/mol. The van der Waals surface area contributed by atoms with Crippen molar-refractivity contribution in [2.45, 2.75) is 85.9 Å². The summed E-state index contributed by atoms with van der Waals surface area (Å²) >= 11 is 0. The molecule has 3 aliphatic rings. The Labute approximate surface area is 541 Å². The number of rotatable bonds is 20. The Hall–Kier alpha value is -9.60. The molecule has 4 N–H and O–H groups in total. The largest absolute Gasteiger partial charge is 0.486 e. The first-order valence-electron chi connectivity index (χ1n) is 30.9. The summed E-state index contributed by atoms with van der Waals surface area (Å²) in [6.07, 6.45) is 10.1. The van der Waals surface area contributed by atoms with E-state index in [1.807, 2.05) is 127 Å². The summed E-state index contributed by atoms with van der Waals surface area (Å²) < 4.78 is 94.7. The first kappa shape index (κ1) is 62.2. The lowest BCUT2D eigenvalue weighted by Crippen LogP contribution is -2.22. The van der Waals surface area contributed by atoms with Gasteiger partial charge in [0.1, 0.15) is 54.5 Å². The number of fused-ring (bicyclic) bond motifs is 3. The quantitative estimate of drug-likeness (QED) is 0.0558. The zero-order chi connectivity index (χ0) is 64.4. The number of nitrogens with zero attached hydrogens (tertiary/aromatic N) is 4. The minimum Gasteiger partial charge on any atom is -0.486 e. The van der Waals surface area contributed by atoms with E-state index in [-0.39, 0.29) is 4.90 Å². The van der Waals surface area contributed by atoms with E-state index in [1.54, 1.807) is 36.4 Å². The first-order chi connectivity index (χ1) is 44.8. The van der Waals surface area contributed by atoms with Gasteiger partial charge in [0.2, 0.25) is 20.0 Å². The zero-order valence-corrected chi connectivity index (χ0v) is 54.3. The smallest absolute Gasteiger partial charge is 0.243 e. The number of nitrogens with one attached hydrogen (secondary N) is 4. The molecule has 0 spiro atoms. The predicted octanol–water partition coefficient (Wildman–Crippen LogP) is 15.1. The van der Waals surface area contributed by atoms with Crippen LogP contribution in [0.25, 0.3) is 66.5 Å². The minimum absolute atomic E-state index is 0.280. The summed E-state index contributed by atoms with van der Waals surface area (Å²) in [5.74, 6) is 6.84. The van der Waals surface area contributed by atoms with Crippen molar-refractivity contribution >= 4 is 68.7 Å². The fraction of sp³-hybridized carbons (Fsp3) is 0.219. The third-order valence-corrected chi connectivity index (χ3v) is 20.2. The molecule has 0 radical (unpaired) electrons. The van der Waals surface area contributed by atoms with E-state index in [1.165, 1.54) is 79.9 Å². The number of hydrogen-bond donors (Lipinski definition) is 4. The molecular weight excluding hydrogens is 1230 g/mol. The van der Waals surface area contributed by atoms with Crippen LogP contribution in [0.15, 0.2) is 210 Å². The summed E-state index contributed by atoms with van der Waals surface area (Å²) in [6, 6.07) is 63.6. The normalized spacial score (nSPS) is 14.1. The second kappa shape index (κ2) is 26.2. The van der Waals surface area contributed by atoms with Gasteiger partial charge in [-0.25, -0.2) is 44.5 Å². The van der Waals surface area contributed by atoms with Crippen molar-refractivity contribution in [2.75, 3.05) is 31.3 Å². The molecule has 474 valence electrons. The Morgan fingerprint density at radius 1 is 0.419 bits per heavy atom. The van der Waals surface area contributed by atoms with Crippen LogP contribution < -0.4 is 18.9 Å². The number of aromatic amines is 3. The van der Waals surface area contributed by atoms with Gasteiger partial charge in [-0.3, -0.25) is 4.72 Å². The highest BCUT2D eigenvalue weighted by atomic mass is 32.2. The van der Waals surface area contributed by atoms with Gasteiger partial charge in [0, 0.05) is 37.0 Å². The Morgan fingerprint density at radius 2 is 0.753 bits per heavy atom. The molecule has 20 heteroatoms. The lowest BCUT2D eigenvalue weighted by molar-refractivity contribution is 0.297. The van der Waals surface area contributed by atoms with Gasteiger partial charge in [-0.05, 0) is 181 Å². The molecule has 17 nitrogen and oxygen atoms in total. The maximum Gasteiger partial charge on any atom is 0.243 e. The van der Waals surface area contributed by atoms with Crippen molar-refractivity contribution in [3.05, 3.63) is 234 Å². The number of benzene rings is 9. The molecule has 3 heterocycles. The summed E-state index contributed by atoms with van der Waals surface area (Å²) in [5, 5.41) is 0. The molecule has 9 aromatic carbocycles. The van der Waals surface area contributed by atoms with Crippen LogP contribution in [-0.4, -0.2) is 86.1 Å². The Bertz CT molecular complexity index is 5040. The molecule has 0 atom stereocenters. The number of ether oxygens (including phenoxy) is 3.